The SMILES string of the molecule is CC(C)N(CCC#N)S(=O)(=O)c1cccnc1N. The smallest absolute Gasteiger partial charge is 0.246 e. The molecule has 0 radical (unpaired) electrons. The molecule has 0 saturated heterocycles. The fourth-order valence-corrected chi connectivity index (χ4v) is 3.27. The number of hydrogen-bond donors (Lipinski definition) is 1. The number of pyridine rings is 1. The summed E-state index contributed by atoms with van der Waals surface area (Å²) in [7, 11) is -3.71. The van der Waals surface area contributed by atoms with Crippen LogP contribution in [0.2, 0.25) is 0 Å². The van der Waals surface area contributed by atoms with E-state index in [0.717, 1.165) is 0 Å². The number of anilines is 1. The summed E-state index contributed by atoms with van der Waals surface area (Å²) in [4.78, 5) is 3.76. The lowest BCUT2D eigenvalue weighted by atomic mass is 10.3. The average molecular weight is 268 g/mol. The lowest BCUT2D eigenvalue weighted by Crippen LogP contribution is -2.38. The Labute approximate surface area is 107 Å². The zero-order valence-electron chi connectivity index (χ0n) is 10.4. The van der Waals surface area contributed by atoms with Crippen LogP contribution in [0.25, 0.3) is 0 Å². The van der Waals surface area contributed by atoms with Gasteiger partial charge in [0, 0.05) is 25.2 Å². The predicted octanol–water partition coefficient (Wildman–Crippen LogP) is 0.977. The Balaban J connectivity index is 3.19. The van der Waals surface area contributed by atoms with Gasteiger partial charge in [0.1, 0.15) is 10.7 Å². The van der Waals surface area contributed by atoms with Crippen LogP contribution in [-0.2, 0) is 10.0 Å². The van der Waals surface area contributed by atoms with Crippen LogP contribution < -0.4 is 5.73 Å². The summed E-state index contributed by atoms with van der Waals surface area (Å²) < 4.78 is 26.0. The predicted molar refractivity (Wildman–Crippen MR) is 67.9 cm³/mol. The highest BCUT2D eigenvalue weighted by Crippen LogP contribution is 2.22. The number of nitrogens with zero attached hydrogens (tertiary/aromatic N) is 3. The molecule has 1 heterocycles. The van der Waals surface area contributed by atoms with Gasteiger partial charge in [-0.3, -0.25) is 0 Å². The monoisotopic (exact) mass is 268 g/mol. The number of nitrogens with two attached hydrogens (primary N) is 1. The van der Waals surface area contributed by atoms with Gasteiger partial charge in [0.15, 0.2) is 0 Å². The van der Waals surface area contributed by atoms with Crippen LogP contribution in [0.3, 0.4) is 0 Å². The summed E-state index contributed by atoms with van der Waals surface area (Å²) in [5, 5.41) is 8.58. The lowest BCUT2D eigenvalue weighted by molar-refractivity contribution is 0.360. The zero-order valence-corrected chi connectivity index (χ0v) is 11.2. The van der Waals surface area contributed by atoms with Crippen molar-refractivity contribution >= 4 is 15.8 Å². The first-order chi connectivity index (χ1) is 8.41. The van der Waals surface area contributed by atoms with Crippen molar-refractivity contribution in [3.8, 4) is 6.07 Å². The second-order valence-electron chi connectivity index (χ2n) is 4.00. The summed E-state index contributed by atoms with van der Waals surface area (Å²) >= 11 is 0. The third-order valence-corrected chi connectivity index (χ3v) is 4.53. The third kappa shape index (κ3) is 2.97. The van der Waals surface area contributed by atoms with E-state index in [0.29, 0.717) is 0 Å². The highest BCUT2D eigenvalue weighted by atomic mass is 32.2. The molecule has 1 rings (SSSR count). The number of nitriles is 1. The van der Waals surface area contributed by atoms with Crippen molar-refractivity contribution in [1.82, 2.24) is 9.29 Å². The minimum atomic E-state index is -3.71. The molecule has 0 bridgehead atoms. The summed E-state index contributed by atoms with van der Waals surface area (Å²) in [6, 6.07) is 4.63. The maximum absolute atomic E-state index is 12.4. The molecule has 1 aromatic heterocycles. The average Bonchev–Trinajstić information content (AvgIpc) is 2.29. The van der Waals surface area contributed by atoms with Gasteiger partial charge < -0.3 is 5.73 Å². The van der Waals surface area contributed by atoms with Gasteiger partial charge in [-0.25, -0.2) is 13.4 Å². The largest absolute Gasteiger partial charge is 0.383 e. The molecular weight excluding hydrogens is 252 g/mol. The van der Waals surface area contributed by atoms with Gasteiger partial charge in [-0.1, -0.05) is 0 Å². The van der Waals surface area contributed by atoms with Gasteiger partial charge in [-0.15, -0.1) is 0 Å². The first-order valence-electron chi connectivity index (χ1n) is 5.50. The minimum absolute atomic E-state index is 0.0170. The summed E-state index contributed by atoms with van der Waals surface area (Å²) in [6.07, 6.45) is 1.57. The van der Waals surface area contributed by atoms with E-state index in [4.69, 9.17) is 11.0 Å². The first-order valence-corrected chi connectivity index (χ1v) is 6.94. The van der Waals surface area contributed by atoms with Crippen molar-refractivity contribution in [1.29, 1.82) is 5.26 Å². The van der Waals surface area contributed by atoms with E-state index < -0.39 is 10.0 Å². The molecule has 0 unspecified atom stereocenters. The normalized spacial score (nSPS) is 11.7. The van der Waals surface area contributed by atoms with Crippen LogP contribution in [0.15, 0.2) is 23.2 Å². The molecule has 0 atom stereocenters. The molecule has 0 fully saturated rings. The van der Waals surface area contributed by atoms with Crippen LogP contribution in [0.4, 0.5) is 5.82 Å². The van der Waals surface area contributed by atoms with E-state index in [1.807, 2.05) is 6.07 Å². The fourth-order valence-electron chi connectivity index (χ4n) is 1.56. The molecule has 2 N–H and O–H groups in total. The lowest BCUT2D eigenvalue weighted by Gasteiger charge is -2.25. The van der Waals surface area contributed by atoms with Gasteiger partial charge in [-0.2, -0.15) is 9.57 Å². The Bertz CT molecular complexity index is 548. The highest BCUT2D eigenvalue weighted by molar-refractivity contribution is 7.89. The Kier molecular flexibility index (Phi) is 4.64. The molecule has 6 nitrogen and oxygen atoms in total. The first kappa shape index (κ1) is 14.4. The van der Waals surface area contributed by atoms with Crippen LogP contribution in [0.1, 0.15) is 20.3 Å². The van der Waals surface area contributed by atoms with Gasteiger partial charge >= 0.3 is 0 Å². The minimum Gasteiger partial charge on any atom is -0.383 e. The molecule has 98 valence electrons. The Morgan fingerprint density at radius 3 is 2.72 bits per heavy atom. The van der Waals surface area contributed by atoms with E-state index >= 15 is 0 Å². The topological polar surface area (TPSA) is 100 Å². The van der Waals surface area contributed by atoms with Crippen LogP contribution in [0.5, 0.6) is 0 Å². The van der Waals surface area contributed by atoms with Gasteiger partial charge in [0.05, 0.1) is 6.07 Å². The Morgan fingerprint density at radius 2 is 2.22 bits per heavy atom. The van der Waals surface area contributed by atoms with Gasteiger partial charge in [-0.05, 0) is 26.0 Å². The third-order valence-electron chi connectivity index (χ3n) is 2.41. The van der Waals surface area contributed by atoms with Crippen molar-refractivity contribution in [3.05, 3.63) is 18.3 Å². The van der Waals surface area contributed by atoms with E-state index in [9.17, 15) is 8.42 Å². The van der Waals surface area contributed by atoms with E-state index in [2.05, 4.69) is 4.98 Å². The Hall–Kier alpha value is -1.65. The highest BCUT2D eigenvalue weighted by Gasteiger charge is 2.28. The number of rotatable bonds is 5. The van der Waals surface area contributed by atoms with E-state index in [1.54, 1.807) is 13.8 Å². The molecule has 0 aliphatic heterocycles. The number of nitrogen functional groups attached to an aromatic ring is 1. The number of hydrogen-bond acceptors (Lipinski definition) is 5. The van der Waals surface area contributed by atoms with E-state index in [1.165, 1.54) is 22.6 Å². The molecule has 7 heteroatoms. The summed E-state index contributed by atoms with van der Waals surface area (Å²) in [5.41, 5.74) is 5.59. The van der Waals surface area contributed by atoms with E-state index in [-0.39, 0.29) is 29.7 Å². The Morgan fingerprint density at radius 1 is 1.56 bits per heavy atom. The molecular formula is C11H16N4O2S. The molecule has 0 aliphatic carbocycles. The summed E-state index contributed by atoms with van der Waals surface area (Å²) in [5.74, 6) is -0.0277. The second-order valence-corrected chi connectivity index (χ2v) is 5.86. The van der Waals surface area contributed by atoms with Crippen molar-refractivity contribution in [3.63, 3.8) is 0 Å². The molecule has 18 heavy (non-hydrogen) atoms. The van der Waals surface area contributed by atoms with Crippen LogP contribution >= 0.6 is 0 Å². The molecule has 0 aliphatic rings. The standard InChI is InChI=1S/C11H16N4O2S/c1-9(2)15(8-4-6-12)18(16,17)10-5-3-7-14-11(10)13/h3,5,7,9H,4,8H2,1-2H3,(H2,13,14). The quantitative estimate of drug-likeness (QED) is 0.857. The molecule has 0 saturated carbocycles. The van der Waals surface area contributed by atoms with Crippen molar-refractivity contribution < 1.29 is 8.42 Å². The van der Waals surface area contributed by atoms with Crippen molar-refractivity contribution in [2.24, 2.45) is 0 Å². The summed E-state index contributed by atoms with van der Waals surface area (Å²) in [6.45, 7) is 3.65. The zero-order chi connectivity index (χ0) is 13.8. The number of sulfonamides is 1. The maximum Gasteiger partial charge on any atom is 0.246 e. The van der Waals surface area contributed by atoms with Crippen LogP contribution in [-0.4, -0.2) is 30.3 Å². The van der Waals surface area contributed by atoms with Crippen molar-refractivity contribution in [2.45, 2.75) is 31.2 Å². The van der Waals surface area contributed by atoms with Crippen LogP contribution in [0, 0.1) is 11.3 Å². The number of aromatic nitrogens is 1. The molecule has 0 spiro atoms. The maximum atomic E-state index is 12.4. The fraction of sp³-hybridized carbons (Fsp3) is 0.455. The molecule has 1 aromatic rings. The van der Waals surface area contributed by atoms with Gasteiger partial charge in [0.25, 0.3) is 0 Å². The molecule has 0 amide bonds. The second kappa shape index (κ2) is 5.80. The van der Waals surface area contributed by atoms with Crippen molar-refractivity contribution in [2.75, 3.05) is 12.3 Å². The van der Waals surface area contributed by atoms with Gasteiger partial charge in [0.2, 0.25) is 10.0 Å². The molecule has 0 aromatic carbocycles.